The molecule has 1 aromatic carbocycles. The highest BCUT2D eigenvalue weighted by Crippen LogP contribution is 2.26. The van der Waals surface area contributed by atoms with Crippen molar-refractivity contribution in [1.82, 2.24) is 0 Å². The number of carbonyl (C=O) groups excluding carboxylic acids is 1. The lowest BCUT2D eigenvalue weighted by atomic mass is 10.00. The first-order chi connectivity index (χ1) is 7.24. The molecule has 2 nitrogen and oxygen atoms in total. The monoisotopic (exact) mass is 215 g/mol. The standard InChI is InChI=1S/C12H9NOS/c1-8(7-13)11(14)10-4-2-3-9-5-6-15-12(9)10/h2-6,8H,1H3. The van der Waals surface area contributed by atoms with E-state index in [0.717, 1.165) is 10.1 Å². The summed E-state index contributed by atoms with van der Waals surface area (Å²) in [5, 5.41) is 11.7. The summed E-state index contributed by atoms with van der Waals surface area (Å²) in [5.74, 6) is -0.664. The minimum Gasteiger partial charge on any atom is -0.293 e. The van der Waals surface area contributed by atoms with E-state index < -0.39 is 5.92 Å². The Labute approximate surface area is 91.8 Å². The molecule has 74 valence electrons. The highest BCUT2D eigenvalue weighted by Gasteiger charge is 2.17. The Balaban J connectivity index is 2.57. The molecule has 0 N–H and O–H groups in total. The van der Waals surface area contributed by atoms with Crippen LogP contribution >= 0.6 is 11.3 Å². The average Bonchev–Trinajstić information content (AvgIpc) is 2.74. The van der Waals surface area contributed by atoms with Crippen LogP contribution in [-0.2, 0) is 0 Å². The molecule has 0 aliphatic heterocycles. The zero-order valence-electron chi connectivity index (χ0n) is 8.23. The van der Waals surface area contributed by atoms with Crippen LogP contribution in [0.25, 0.3) is 10.1 Å². The van der Waals surface area contributed by atoms with Crippen LogP contribution < -0.4 is 0 Å². The molecule has 0 fully saturated rings. The number of Topliss-reactive ketones (excluding diaryl/α,β-unsaturated/α-hetero) is 1. The SMILES string of the molecule is CC(C#N)C(=O)c1cccc2ccsc12. The molecule has 0 saturated heterocycles. The van der Waals surface area contributed by atoms with Gasteiger partial charge in [0.15, 0.2) is 5.78 Å². The first-order valence-electron chi connectivity index (χ1n) is 4.64. The minimum absolute atomic E-state index is 0.0921. The molecule has 3 heteroatoms. The van der Waals surface area contributed by atoms with Crippen LogP contribution in [-0.4, -0.2) is 5.78 Å². The van der Waals surface area contributed by atoms with E-state index in [2.05, 4.69) is 0 Å². The average molecular weight is 215 g/mol. The van der Waals surface area contributed by atoms with Gasteiger partial charge < -0.3 is 0 Å². The smallest absolute Gasteiger partial charge is 0.181 e. The summed E-state index contributed by atoms with van der Waals surface area (Å²) in [6.45, 7) is 1.63. The molecular formula is C12H9NOS. The normalized spacial score (nSPS) is 12.3. The largest absolute Gasteiger partial charge is 0.293 e. The number of fused-ring (bicyclic) bond motifs is 1. The summed E-state index contributed by atoms with van der Waals surface area (Å²) in [6.07, 6.45) is 0. The molecular weight excluding hydrogens is 206 g/mol. The third kappa shape index (κ3) is 1.64. The van der Waals surface area contributed by atoms with Crippen LogP contribution in [0.3, 0.4) is 0 Å². The first-order valence-corrected chi connectivity index (χ1v) is 5.52. The van der Waals surface area contributed by atoms with Crippen molar-refractivity contribution in [3.63, 3.8) is 0 Å². The fraction of sp³-hybridized carbons (Fsp3) is 0.167. The fourth-order valence-electron chi connectivity index (χ4n) is 1.48. The van der Waals surface area contributed by atoms with Crippen molar-refractivity contribution in [2.45, 2.75) is 6.92 Å². The maximum atomic E-state index is 11.9. The van der Waals surface area contributed by atoms with E-state index in [9.17, 15) is 4.79 Å². The van der Waals surface area contributed by atoms with Crippen LogP contribution in [0.4, 0.5) is 0 Å². The van der Waals surface area contributed by atoms with Gasteiger partial charge in [0, 0.05) is 10.3 Å². The number of rotatable bonds is 2. The van der Waals surface area contributed by atoms with Crippen LogP contribution in [0.2, 0.25) is 0 Å². The maximum absolute atomic E-state index is 11.9. The van der Waals surface area contributed by atoms with Crippen LogP contribution in [0.15, 0.2) is 29.6 Å². The van der Waals surface area contributed by atoms with Crippen molar-refractivity contribution >= 4 is 27.2 Å². The van der Waals surface area contributed by atoms with Crippen molar-refractivity contribution in [3.05, 3.63) is 35.2 Å². The predicted molar refractivity (Wildman–Crippen MR) is 60.9 cm³/mol. The first kappa shape index (κ1) is 9.88. The quantitative estimate of drug-likeness (QED) is 0.721. The Morgan fingerprint density at radius 3 is 3.00 bits per heavy atom. The Hall–Kier alpha value is -1.66. The Morgan fingerprint density at radius 2 is 2.27 bits per heavy atom. The van der Waals surface area contributed by atoms with E-state index in [1.54, 1.807) is 13.0 Å². The minimum atomic E-state index is -0.572. The van der Waals surface area contributed by atoms with Gasteiger partial charge in [-0.3, -0.25) is 4.79 Å². The summed E-state index contributed by atoms with van der Waals surface area (Å²) in [6, 6.07) is 9.57. The topological polar surface area (TPSA) is 40.9 Å². The molecule has 1 unspecified atom stereocenters. The van der Waals surface area contributed by atoms with Crippen molar-refractivity contribution in [2.24, 2.45) is 5.92 Å². The van der Waals surface area contributed by atoms with E-state index >= 15 is 0 Å². The Morgan fingerprint density at radius 1 is 1.47 bits per heavy atom. The molecule has 1 heterocycles. The Bertz CT molecular complexity index is 550. The van der Waals surface area contributed by atoms with E-state index in [1.807, 2.05) is 29.6 Å². The van der Waals surface area contributed by atoms with E-state index in [-0.39, 0.29) is 5.78 Å². The summed E-state index contributed by atoms with van der Waals surface area (Å²) in [7, 11) is 0. The van der Waals surface area contributed by atoms with E-state index in [4.69, 9.17) is 5.26 Å². The van der Waals surface area contributed by atoms with Gasteiger partial charge in [0.05, 0.1) is 6.07 Å². The van der Waals surface area contributed by atoms with Gasteiger partial charge in [-0.1, -0.05) is 12.1 Å². The van der Waals surface area contributed by atoms with Crippen LogP contribution in [0.5, 0.6) is 0 Å². The van der Waals surface area contributed by atoms with Gasteiger partial charge in [0.25, 0.3) is 0 Å². The summed E-state index contributed by atoms with van der Waals surface area (Å²) >= 11 is 1.54. The second kappa shape index (κ2) is 3.84. The number of ketones is 1. The third-order valence-electron chi connectivity index (χ3n) is 2.33. The molecule has 0 saturated carbocycles. The van der Waals surface area contributed by atoms with Gasteiger partial charge in [0.2, 0.25) is 0 Å². The van der Waals surface area contributed by atoms with Crippen molar-refractivity contribution < 1.29 is 4.79 Å². The van der Waals surface area contributed by atoms with Crippen LogP contribution in [0, 0.1) is 17.2 Å². The van der Waals surface area contributed by atoms with E-state index in [0.29, 0.717) is 5.56 Å². The van der Waals surface area contributed by atoms with Crippen LogP contribution in [0.1, 0.15) is 17.3 Å². The molecule has 0 radical (unpaired) electrons. The third-order valence-corrected chi connectivity index (χ3v) is 3.29. The molecule has 0 bridgehead atoms. The number of nitrogens with zero attached hydrogens (tertiary/aromatic N) is 1. The molecule has 0 spiro atoms. The van der Waals surface area contributed by atoms with Crippen molar-refractivity contribution in [2.75, 3.05) is 0 Å². The molecule has 0 aliphatic rings. The van der Waals surface area contributed by atoms with Gasteiger partial charge in [0.1, 0.15) is 5.92 Å². The second-order valence-corrected chi connectivity index (χ2v) is 4.28. The highest BCUT2D eigenvalue weighted by atomic mass is 32.1. The number of thiophene rings is 1. The lowest BCUT2D eigenvalue weighted by molar-refractivity contribution is 0.0958. The number of hydrogen-bond donors (Lipinski definition) is 0. The summed E-state index contributed by atoms with van der Waals surface area (Å²) in [5.41, 5.74) is 0.663. The zero-order chi connectivity index (χ0) is 10.8. The molecule has 0 aliphatic carbocycles. The van der Waals surface area contributed by atoms with Gasteiger partial charge in [-0.15, -0.1) is 11.3 Å². The number of benzene rings is 1. The number of hydrogen-bond acceptors (Lipinski definition) is 3. The lowest BCUT2D eigenvalue weighted by Crippen LogP contribution is -2.08. The molecule has 2 rings (SSSR count). The van der Waals surface area contributed by atoms with Gasteiger partial charge in [-0.05, 0) is 29.8 Å². The second-order valence-electron chi connectivity index (χ2n) is 3.36. The Kier molecular flexibility index (Phi) is 2.53. The number of carbonyl (C=O) groups is 1. The van der Waals surface area contributed by atoms with Gasteiger partial charge in [-0.25, -0.2) is 0 Å². The molecule has 1 atom stereocenters. The number of nitriles is 1. The molecule has 15 heavy (non-hydrogen) atoms. The summed E-state index contributed by atoms with van der Waals surface area (Å²) < 4.78 is 0.976. The van der Waals surface area contributed by atoms with Gasteiger partial charge in [-0.2, -0.15) is 5.26 Å². The van der Waals surface area contributed by atoms with E-state index in [1.165, 1.54) is 11.3 Å². The predicted octanol–water partition coefficient (Wildman–Crippen LogP) is 3.24. The fourth-order valence-corrected chi connectivity index (χ4v) is 2.40. The lowest BCUT2D eigenvalue weighted by Gasteiger charge is -2.03. The maximum Gasteiger partial charge on any atom is 0.181 e. The molecule has 0 amide bonds. The summed E-state index contributed by atoms with van der Waals surface area (Å²) in [4.78, 5) is 11.9. The highest BCUT2D eigenvalue weighted by molar-refractivity contribution is 7.17. The zero-order valence-corrected chi connectivity index (χ0v) is 9.04. The van der Waals surface area contributed by atoms with Crippen molar-refractivity contribution in [3.8, 4) is 6.07 Å². The molecule has 1 aromatic heterocycles. The van der Waals surface area contributed by atoms with Gasteiger partial charge >= 0.3 is 0 Å². The van der Waals surface area contributed by atoms with Crippen molar-refractivity contribution in [1.29, 1.82) is 5.26 Å². The molecule has 2 aromatic rings.